The van der Waals surface area contributed by atoms with Gasteiger partial charge in [0.25, 0.3) is 0 Å². The van der Waals surface area contributed by atoms with E-state index in [2.05, 4.69) is 15.0 Å². The molecule has 0 unspecified atom stereocenters. The van der Waals surface area contributed by atoms with E-state index in [0.29, 0.717) is 17.3 Å². The van der Waals surface area contributed by atoms with Gasteiger partial charge in [0.2, 0.25) is 11.9 Å². The molecule has 19 heavy (non-hydrogen) atoms. The first-order chi connectivity index (χ1) is 9.08. The molecule has 0 amide bonds. The van der Waals surface area contributed by atoms with Crippen LogP contribution in [0.25, 0.3) is 0 Å². The summed E-state index contributed by atoms with van der Waals surface area (Å²) in [6.07, 6.45) is 0. The molecule has 2 aromatic rings. The van der Waals surface area contributed by atoms with Gasteiger partial charge in [-0.05, 0) is 24.3 Å². The normalized spacial score (nSPS) is 9.74. The summed E-state index contributed by atoms with van der Waals surface area (Å²) >= 11 is 0. The molecule has 96 valence electrons. The van der Waals surface area contributed by atoms with Gasteiger partial charge in [0.05, 0.1) is 11.6 Å². The minimum Gasteiger partial charge on any atom is -0.424 e. The fourth-order valence-electron chi connectivity index (χ4n) is 1.31. The number of aromatic nitrogens is 3. The molecule has 0 bridgehead atoms. The number of rotatable bonds is 3. The zero-order valence-corrected chi connectivity index (χ0v) is 10.5. The maximum atomic E-state index is 8.71. The van der Waals surface area contributed by atoms with E-state index in [4.69, 9.17) is 15.7 Å². The number of nitrogen functional groups attached to an aromatic ring is 1. The Morgan fingerprint density at radius 2 is 1.84 bits per heavy atom. The van der Waals surface area contributed by atoms with Crippen LogP contribution in [0.5, 0.6) is 11.8 Å². The molecule has 1 heterocycles. The van der Waals surface area contributed by atoms with Crippen molar-refractivity contribution < 1.29 is 4.74 Å². The molecule has 0 spiro atoms. The molecule has 0 radical (unpaired) electrons. The molecule has 0 fully saturated rings. The lowest BCUT2D eigenvalue weighted by Crippen LogP contribution is -2.15. The predicted octanol–water partition coefficient (Wildman–Crippen LogP) is 1.18. The second-order valence-electron chi connectivity index (χ2n) is 3.91. The molecular formula is C12H12N6O. The fourth-order valence-corrected chi connectivity index (χ4v) is 1.31. The summed E-state index contributed by atoms with van der Waals surface area (Å²) in [6, 6.07) is 8.75. The van der Waals surface area contributed by atoms with Crippen molar-refractivity contribution >= 4 is 11.9 Å². The smallest absolute Gasteiger partial charge is 0.328 e. The highest BCUT2D eigenvalue weighted by Gasteiger charge is 2.08. The van der Waals surface area contributed by atoms with Crippen molar-refractivity contribution in [2.24, 2.45) is 0 Å². The lowest BCUT2D eigenvalue weighted by atomic mass is 10.2. The first-order valence-corrected chi connectivity index (χ1v) is 5.45. The van der Waals surface area contributed by atoms with Crippen LogP contribution < -0.4 is 15.4 Å². The molecule has 7 nitrogen and oxygen atoms in total. The van der Waals surface area contributed by atoms with Crippen LogP contribution in [-0.2, 0) is 0 Å². The van der Waals surface area contributed by atoms with E-state index in [1.54, 1.807) is 43.3 Å². The summed E-state index contributed by atoms with van der Waals surface area (Å²) in [6.45, 7) is 0. The van der Waals surface area contributed by atoms with Gasteiger partial charge < -0.3 is 15.4 Å². The van der Waals surface area contributed by atoms with Gasteiger partial charge >= 0.3 is 6.01 Å². The van der Waals surface area contributed by atoms with Crippen molar-refractivity contribution in [3.8, 4) is 17.8 Å². The first kappa shape index (κ1) is 12.6. The molecule has 2 rings (SSSR count). The van der Waals surface area contributed by atoms with Crippen LogP contribution in [0, 0.1) is 11.3 Å². The van der Waals surface area contributed by atoms with Crippen molar-refractivity contribution in [1.29, 1.82) is 5.26 Å². The maximum Gasteiger partial charge on any atom is 0.328 e. The summed E-state index contributed by atoms with van der Waals surface area (Å²) in [5.74, 6) is 1.02. The van der Waals surface area contributed by atoms with E-state index in [9.17, 15) is 0 Å². The van der Waals surface area contributed by atoms with Crippen LogP contribution in [0.4, 0.5) is 11.9 Å². The Kier molecular flexibility index (Phi) is 3.43. The van der Waals surface area contributed by atoms with E-state index in [-0.39, 0.29) is 12.0 Å². The topological polar surface area (TPSA) is 101 Å². The van der Waals surface area contributed by atoms with Gasteiger partial charge in [0.1, 0.15) is 5.75 Å². The molecule has 2 N–H and O–H groups in total. The van der Waals surface area contributed by atoms with Crippen LogP contribution in [0.1, 0.15) is 5.56 Å². The summed E-state index contributed by atoms with van der Waals surface area (Å²) in [4.78, 5) is 13.7. The Morgan fingerprint density at radius 3 is 2.42 bits per heavy atom. The fraction of sp³-hybridized carbons (Fsp3) is 0.167. The average Bonchev–Trinajstić information content (AvgIpc) is 2.39. The zero-order valence-electron chi connectivity index (χ0n) is 10.5. The van der Waals surface area contributed by atoms with Crippen molar-refractivity contribution in [1.82, 2.24) is 15.0 Å². The van der Waals surface area contributed by atoms with E-state index >= 15 is 0 Å². The highest BCUT2D eigenvalue weighted by Crippen LogP contribution is 2.20. The summed E-state index contributed by atoms with van der Waals surface area (Å²) in [5, 5.41) is 8.71. The van der Waals surface area contributed by atoms with Crippen molar-refractivity contribution in [2.45, 2.75) is 0 Å². The molecule has 0 atom stereocenters. The predicted molar refractivity (Wildman–Crippen MR) is 69.8 cm³/mol. The summed E-state index contributed by atoms with van der Waals surface area (Å²) in [7, 11) is 3.58. The monoisotopic (exact) mass is 256 g/mol. The van der Waals surface area contributed by atoms with Gasteiger partial charge in [-0.3, -0.25) is 0 Å². The zero-order chi connectivity index (χ0) is 13.8. The quantitative estimate of drug-likeness (QED) is 0.879. The second kappa shape index (κ2) is 5.18. The molecule has 0 aliphatic heterocycles. The van der Waals surface area contributed by atoms with E-state index < -0.39 is 0 Å². The third-order valence-corrected chi connectivity index (χ3v) is 2.21. The Labute approximate surface area is 110 Å². The van der Waals surface area contributed by atoms with Crippen molar-refractivity contribution in [3.63, 3.8) is 0 Å². The molecule has 0 saturated carbocycles. The Morgan fingerprint density at radius 1 is 1.16 bits per heavy atom. The van der Waals surface area contributed by atoms with Crippen LogP contribution >= 0.6 is 0 Å². The van der Waals surface area contributed by atoms with Crippen LogP contribution in [-0.4, -0.2) is 29.0 Å². The largest absolute Gasteiger partial charge is 0.424 e. The molecule has 0 aliphatic carbocycles. The lowest BCUT2D eigenvalue weighted by molar-refractivity contribution is 0.441. The van der Waals surface area contributed by atoms with Gasteiger partial charge in [-0.25, -0.2) is 0 Å². The Hall–Kier alpha value is -2.88. The molecule has 0 saturated heterocycles. The minimum absolute atomic E-state index is 0.0855. The van der Waals surface area contributed by atoms with Gasteiger partial charge in [-0.1, -0.05) is 0 Å². The van der Waals surface area contributed by atoms with Gasteiger partial charge in [-0.2, -0.15) is 20.2 Å². The molecule has 0 aliphatic rings. The number of ether oxygens (including phenoxy) is 1. The number of hydrogen-bond acceptors (Lipinski definition) is 7. The third-order valence-electron chi connectivity index (χ3n) is 2.21. The van der Waals surface area contributed by atoms with Crippen molar-refractivity contribution in [2.75, 3.05) is 24.7 Å². The third kappa shape index (κ3) is 3.07. The average molecular weight is 256 g/mol. The van der Waals surface area contributed by atoms with E-state index in [1.165, 1.54) is 0 Å². The minimum atomic E-state index is 0.0855. The van der Waals surface area contributed by atoms with Crippen LogP contribution in [0.2, 0.25) is 0 Å². The highest BCUT2D eigenvalue weighted by atomic mass is 16.5. The summed E-state index contributed by atoms with van der Waals surface area (Å²) < 4.78 is 5.47. The number of anilines is 2. The molecule has 1 aromatic heterocycles. The van der Waals surface area contributed by atoms with Crippen LogP contribution in [0.15, 0.2) is 24.3 Å². The van der Waals surface area contributed by atoms with Gasteiger partial charge in [-0.15, -0.1) is 0 Å². The van der Waals surface area contributed by atoms with Gasteiger partial charge in [0.15, 0.2) is 0 Å². The Bertz CT molecular complexity index is 617. The summed E-state index contributed by atoms with van der Waals surface area (Å²) in [5.41, 5.74) is 6.14. The van der Waals surface area contributed by atoms with E-state index in [1.807, 2.05) is 6.07 Å². The molecule has 1 aromatic carbocycles. The maximum absolute atomic E-state index is 8.71. The number of nitriles is 1. The highest BCUT2D eigenvalue weighted by molar-refractivity contribution is 5.38. The molecular weight excluding hydrogens is 244 g/mol. The first-order valence-electron chi connectivity index (χ1n) is 5.45. The van der Waals surface area contributed by atoms with Crippen LogP contribution in [0.3, 0.4) is 0 Å². The number of benzene rings is 1. The van der Waals surface area contributed by atoms with E-state index in [0.717, 1.165) is 0 Å². The lowest BCUT2D eigenvalue weighted by Gasteiger charge is -2.11. The standard InChI is InChI=1S/C12H12N6O/c1-18(2)11-15-10(14)16-12(17-11)19-9-5-3-8(7-13)4-6-9/h3-6H,1-2H3,(H2,14,15,16,17). The Balaban J connectivity index is 2.25. The van der Waals surface area contributed by atoms with Gasteiger partial charge in [0, 0.05) is 14.1 Å². The van der Waals surface area contributed by atoms with Crippen molar-refractivity contribution in [3.05, 3.63) is 29.8 Å². The SMILES string of the molecule is CN(C)c1nc(N)nc(Oc2ccc(C#N)cc2)n1. The molecule has 7 heteroatoms. The number of nitrogens with two attached hydrogens (primary N) is 1. The number of hydrogen-bond donors (Lipinski definition) is 1. The second-order valence-corrected chi connectivity index (χ2v) is 3.91. The number of nitrogens with zero attached hydrogens (tertiary/aromatic N) is 5.